The van der Waals surface area contributed by atoms with Crippen molar-refractivity contribution < 1.29 is 59.1 Å². The zero-order chi connectivity index (χ0) is 67.3. The number of para-hydroxylation sites is 1. The molecule has 344 valence electrons. The second kappa shape index (κ2) is 18.7. The number of phenolic OH excluding ortho intramolecular Hbond substituents is 1. The number of pyridine rings is 1. The van der Waals surface area contributed by atoms with E-state index in [0.29, 0.717) is 50.7 Å². The number of hydrogen-bond donors (Lipinski definition) is 1. The Morgan fingerprint density at radius 2 is 1.14 bits per heavy atom. The third-order valence-corrected chi connectivity index (χ3v) is 12.0. The van der Waals surface area contributed by atoms with Gasteiger partial charge in [0, 0.05) is 71.4 Å². The Morgan fingerprint density at radius 3 is 1.81 bits per heavy atom. The van der Waals surface area contributed by atoms with E-state index in [-0.39, 0.29) is 60.5 Å². The van der Waals surface area contributed by atoms with Gasteiger partial charge in [0.25, 0.3) is 0 Å². The van der Waals surface area contributed by atoms with Crippen LogP contribution in [0.5, 0.6) is 5.75 Å². The average molecular weight is 1100 g/mol. The first-order chi connectivity index (χ1) is 42.6. The number of hydrogen-bond acceptors (Lipinski definition) is 3. The van der Waals surface area contributed by atoms with Crippen LogP contribution in [-0.4, -0.2) is 19.6 Å². The number of phenols is 1. The molecule has 0 fully saturated rings. The summed E-state index contributed by atoms with van der Waals surface area (Å²) >= 11 is 0. The van der Waals surface area contributed by atoms with Crippen molar-refractivity contribution in [2.24, 2.45) is 0 Å². The molecule has 0 saturated carbocycles. The van der Waals surface area contributed by atoms with Gasteiger partial charge in [0.2, 0.25) is 0 Å². The number of aromatic nitrogens is 3. The van der Waals surface area contributed by atoms with Gasteiger partial charge in [-0.3, -0.25) is 9.55 Å². The maximum Gasteiger partial charge on any atom is 0.148 e. The van der Waals surface area contributed by atoms with Crippen molar-refractivity contribution in [2.75, 3.05) is 0 Å². The predicted molar refractivity (Wildman–Crippen MR) is 284 cm³/mol. The van der Waals surface area contributed by atoms with E-state index in [1.165, 1.54) is 36.5 Å². The van der Waals surface area contributed by atoms with Crippen molar-refractivity contribution >= 4 is 11.0 Å². The number of nitrogens with zero attached hydrogens (tertiary/aromatic N) is 3. The topological polar surface area (TPSA) is 50.9 Å². The molecule has 0 radical (unpaired) electrons. The Labute approximate surface area is 455 Å². The fraction of sp³-hybridized carbons (Fsp3) is 0.156. The quantitative estimate of drug-likeness (QED) is 0.154. The van der Waals surface area contributed by atoms with Gasteiger partial charge in [-0.05, 0) is 117 Å². The zero-order valence-electron chi connectivity index (χ0n) is 60.5. The summed E-state index contributed by atoms with van der Waals surface area (Å²) in [6.07, 6.45) is 1.51. The first-order valence-corrected chi connectivity index (χ1v) is 21.5. The minimum absolute atomic E-state index is 0. The SMILES string of the molecule is [2H]C([2H])([2H])c1ccc(-c2ccccc2)cc1-c1ccnc(-c2[c-]c(-c3cccc4c3nc(-c3cc(C(C([2H])([2H])[2H])(C([2H])([2H])[2H])C([2H])([2H])[2H])cc(C(C([2H])([2H])[2H])(C([2H])([2H])[2H])C([2H])([2H])[2H])c3O)n4-c3ccc(-c4ccccc4)cc3C([2H])([2H])[2H])cc(-c3ccccc3)c2)c1.[Pt]. The third kappa shape index (κ3) is 9.27. The van der Waals surface area contributed by atoms with E-state index >= 15 is 0 Å². The van der Waals surface area contributed by atoms with Gasteiger partial charge in [-0.2, -0.15) is 0 Å². The van der Waals surface area contributed by atoms with E-state index in [1.807, 2.05) is 42.5 Å². The summed E-state index contributed by atoms with van der Waals surface area (Å²) < 4.78 is 212. The van der Waals surface area contributed by atoms with E-state index in [0.717, 1.165) is 15.7 Å². The number of aromatic hydroxyl groups is 1. The van der Waals surface area contributed by atoms with Crippen molar-refractivity contribution in [3.63, 3.8) is 0 Å². The fourth-order valence-corrected chi connectivity index (χ4v) is 8.58. The smallest absolute Gasteiger partial charge is 0.148 e. The molecule has 0 unspecified atom stereocenters. The van der Waals surface area contributed by atoms with Gasteiger partial charge in [-0.15, -0.1) is 23.8 Å². The molecule has 1 N–H and O–H groups in total. The van der Waals surface area contributed by atoms with Gasteiger partial charge < -0.3 is 5.11 Å². The van der Waals surface area contributed by atoms with Gasteiger partial charge in [0.05, 0.1) is 22.3 Å². The molecule has 0 atom stereocenters. The predicted octanol–water partition coefficient (Wildman–Crippen LogP) is 16.8. The van der Waals surface area contributed by atoms with Crippen LogP contribution in [0.1, 0.15) is 96.3 Å². The molecule has 0 spiro atoms. The minimum Gasteiger partial charge on any atom is -0.507 e. The Hall–Kier alpha value is -7.13. The number of imidazole rings is 1. The molecule has 5 heteroatoms. The van der Waals surface area contributed by atoms with Crippen LogP contribution in [0.2, 0.25) is 0 Å². The Kier molecular flexibility index (Phi) is 7.07. The van der Waals surface area contributed by atoms with E-state index < -0.39 is 99.5 Å². The van der Waals surface area contributed by atoms with E-state index in [2.05, 4.69) is 6.07 Å². The first-order valence-electron chi connectivity index (χ1n) is 33.5. The van der Waals surface area contributed by atoms with Crippen LogP contribution >= 0.6 is 0 Å². The average Bonchev–Trinajstić information content (AvgIpc) is 1.14. The summed E-state index contributed by atoms with van der Waals surface area (Å²) in [6, 6.07) is 52.0. The molecule has 2 heterocycles. The Bertz CT molecular complexity index is 4340. The van der Waals surface area contributed by atoms with E-state index in [9.17, 15) is 5.11 Å². The second-order valence-corrected chi connectivity index (χ2v) is 16.6. The second-order valence-electron chi connectivity index (χ2n) is 16.6. The normalized spacial score (nSPS) is 18.3. The largest absolute Gasteiger partial charge is 0.507 e. The molecule has 69 heavy (non-hydrogen) atoms. The van der Waals surface area contributed by atoms with Crippen LogP contribution in [0.25, 0.3) is 95.0 Å². The molecule has 0 amide bonds. The monoisotopic (exact) mass is 1100 g/mol. The van der Waals surface area contributed by atoms with Crippen molar-refractivity contribution in [1.29, 1.82) is 0 Å². The maximum absolute atomic E-state index is 13.1. The molecule has 4 nitrogen and oxygen atoms in total. The van der Waals surface area contributed by atoms with Crippen molar-refractivity contribution in [1.82, 2.24) is 14.5 Å². The molecule has 0 saturated heterocycles. The standard InChI is InChI=1S/C64H56N3O.Pt/c1-41-27-28-47(44-21-14-10-15-22-44)37-54(41)48-31-32-65-57(38-48)51-35-49(45-23-16-11-17-24-45)34-50(36-51)53-25-18-26-59-60(53)66-62(55-39-52(63(3,4)5)40-56(61(55)68)64(6,7)8)67(59)58-30-29-46(33-42(58)2)43-19-12-9-13-20-43;/h9-35,37-40,68H,1-8H3;/q-1;/i1D3,2D3,3D3,4D3,5D3,6D3,7D3,8D3;. The zero-order valence-corrected chi connectivity index (χ0v) is 38.8. The summed E-state index contributed by atoms with van der Waals surface area (Å²) in [6.45, 7) is -30.8. The van der Waals surface area contributed by atoms with Gasteiger partial charge in [0.15, 0.2) is 0 Å². The third-order valence-electron chi connectivity index (χ3n) is 12.0. The van der Waals surface area contributed by atoms with Gasteiger partial charge in [-0.25, -0.2) is 4.98 Å². The van der Waals surface area contributed by atoms with Gasteiger partial charge in [0.1, 0.15) is 11.6 Å². The summed E-state index contributed by atoms with van der Waals surface area (Å²) in [5.74, 6) is -2.25. The molecule has 0 bridgehead atoms. The Morgan fingerprint density at radius 1 is 0.507 bits per heavy atom. The molecular formula is C64H56N3OPt-. The van der Waals surface area contributed by atoms with Crippen molar-refractivity contribution in [2.45, 2.75) is 65.6 Å². The summed E-state index contributed by atoms with van der Waals surface area (Å²) in [5, 5.41) is 13.1. The van der Waals surface area contributed by atoms with Crippen LogP contribution in [-0.2, 0) is 31.9 Å². The van der Waals surface area contributed by atoms with Crippen LogP contribution < -0.4 is 0 Å². The van der Waals surface area contributed by atoms with Crippen molar-refractivity contribution in [3.8, 4) is 89.7 Å². The van der Waals surface area contributed by atoms with Crippen LogP contribution in [0.4, 0.5) is 0 Å². The molecular weight excluding hydrogens is 1020 g/mol. The Balaban J connectivity index is 0.0000102. The molecule has 0 aliphatic rings. The summed E-state index contributed by atoms with van der Waals surface area (Å²) in [4.78, 5) is 9.79. The maximum atomic E-state index is 13.1. The number of benzene rings is 8. The number of aryl methyl sites for hydroxylation is 2. The first kappa shape index (κ1) is 26.0. The molecule has 10 rings (SSSR count). The molecule has 0 aliphatic heterocycles. The molecule has 0 aliphatic carbocycles. The fourth-order valence-electron chi connectivity index (χ4n) is 8.58. The minimum atomic E-state index is -4.28. The molecule has 10 aromatic rings. The van der Waals surface area contributed by atoms with E-state index in [4.69, 9.17) is 42.9 Å². The number of fused-ring (bicyclic) bond motifs is 1. The van der Waals surface area contributed by atoms with Gasteiger partial charge in [-0.1, -0.05) is 191 Å². The molecule has 8 aromatic carbocycles. The summed E-state index contributed by atoms with van der Waals surface area (Å²) in [7, 11) is 0. The van der Waals surface area contributed by atoms with E-state index in [1.54, 1.807) is 97.1 Å². The van der Waals surface area contributed by atoms with Crippen molar-refractivity contribution in [3.05, 3.63) is 217 Å². The van der Waals surface area contributed by atoms with Crippen LogP contribution in [0.3, 0.4) is 0 Å². The van der Waals surface area contributed by atoms with Crippen LogP contribution in [0.15, 0.2) is 188 Å². The molecule has 2 aromatic heterocycles. The van der Waals surface area contributed by atoms with Gasteiger partial charge >= 0.3 is 0 Å². The van der Waals surface area contributed by atoms with Crippen LogP contribution in [0, 0.1) is 19.8 Å². The number of rotatable bonds is 8. The summed E-state index contributed by atoms with van der Waals surface area (Å²) in [5.41, 5.74) is -7.47.